The summed E-state index contributed by atoms with van der Waals surface area (Å²) in [4.78, 5) is 12.5. The molecule has 0 saturated heterocycles. The lowest BCUT2D eigenvalue weighted by molar-refractivity contribution is 0.102. The minimum absolute atomic E-state index is 0.173. The highest BCUT2D eigenvalue weighted by molar-refractivity contribution is 9.09. The van der Waals surface area contributed by atoms with Crippen LogP contribution in [0.5, 0.6) is 0 Å². The zero-order chi connectivity index (χ0) is 11.0. The number of rotatable bonds is 2. The van der Waals surface area contributed by atoms with Gasteiger partial charge in [0.2, 0.25) is 0 Å². The summed E-state index contributed by atoms with van der Waals surface area (Å²) in [5.74, 6) is 0.173. The average molecular weight is 283 g/mol. The average Bonchev–Trinajstić information content (AvgIpc) is 2.55. The lowest BCUT2D eigenvalue weighted by Gasteiger charge is -1.95. The Labute approximate surface area is 101 Å². The van der Waals surface area contributed by atoms with Crippen molar-refractivity contribution >= 4 is 43.1 Å². The number of hydrogen-bond donors (Lipinski definition) is 0. The molecule has 0 bridgehead atoms. The van der Waals surface area contributed by atoms with Gasteiger partial charge in [0.25, 0.3) is 0 Å². The Balaban J connectivity index is 2.69. The first-order chi connectivity index (χ1) is 7.13. The Kier molecular flexibility index (Phi) is 2.94. The van der Waals surface area contributed by atoms with Gasteiger partial charge in [-0.05, 0) is 30.9 Å². The van der Waals surface area contributed by atoms with Gasteiger partial charge in [0.05, 0.1) is 10.2 Å². The van der Waals surface area contributed by atoms with Crippen LogP contribution in [0.3, 0.4) is 0 Å². The van der Waals surface area contributed by atoms with Crippen LogP contribution < -0.4 is 0 Å². The number of hydrogen-bond acceptors (Lipinski definition) is 2. The van der Waals surface area contributed by atoms with Crippen LogP contribution in [0.25, 0.3) is 10.1 Å². The fourth-order valence-electron chi connectivity index (χ4n) is 1.66. The first kappa shape index (κ1) is 10.8. The van der Waals surface area contributed by atoms with Crippen molar-refractivity contribution in [3.05, 3.63) is 34.2 Å². The van der Waals surface area contributed by atoms with Crippen molar-refractivity contribution in [1.29, 1.82) is 0 Å². The van der Waals surface area contributed by atoms with Gasteiger partial charge in [-0.25, -0.2) is 0 Å². The van der Waals surface area contributed by atoms with Crippen LogP contribution >= 0.6 is 27.3 Å². The highest BCUT2D eigenvalue weighted by Gasteiger charge is 2.13. The third kappa shape index (κ3) is 1.86. The van der Waals surface area contributed by atoms with Gasteiger partial charge < -0.3 is 0 Å². The van der Waals surface area contributed by atoms with Crippen molar-refractivity contribution in [1.82, 2.24) is 0 Å². The molecule has 0 aliphatic heterocycles. The molecule has 78 valence electrons. The molecule has 15 heavy (non-hydrogen) atoms. The van der Waals surface area contributed by atoms with E-state index in [9.17, 15) is 4.79 Å². The van der Waals surface area contributed by atoms with Crippen LogP contribution in [-0.4, -0.2) is 11.1 Å². The molecule has 0 amide bonds. The summed E-state index contributed by atoms with van der Waals surface area (Å²) < 4.78 is 1.20. The van der Waals surface area contributed by atoms with Gasteiger partial charge in [-0.1, -0.05) is 33.6 Å². The number of ketones is 1. The highest BCUT2D eigenvalue weighted by atomic mass is 79.9. The number of halogens is 1. The molecule has 1 heterocycles. The number of Topliss-reactive ketones (excluding diaryl/α,β-unsaturated/α-hetero) is 1. The predicted molar refractivity (Wildman–Crippen MR) is 69.4 cm³/mol. The number of carbonyl (C=O) groups excluding carboxylic acids is 1. The van der Waals surface area contributed by atoms with Crippen molar-refractivity contribution in [2.75, 3.05) is 5.33 Å². The second-order valence-corrected chi connectivity index (χ2v) is 5.23. The molecule has 0 aliphatic carbocycles. The molecule has 3 heteroatoms. The van der Waals surface area contributed by atoms with Crippen molar-refractivity contribution in [2.45, 2.75) is 13.8 Å². The number of aryl methyl sites for hydroxylation is 2. The minimum Gasteiger partial charge on any atom is -0.292 e. The lowest BCUT2D eigenvalue weighted by atomic mass is 10.1. The molecule has 0 unspecified atom stereocenters. The zero-order valence-corrected chi connectivity index (χ0v) is 11.0. The Morgan fingerprint density at radius 1 is 1.40 bits per heavy atom. The molecule has 0 aliphatic rings. The standard InChI is InChI=1S/C12H11BrOS/c1-7-3-4-11-9(5-7)8(2)12(15-11)10(14)6-13/h3-5H,6H2,1-2H3. The quantitative estimate of drug-likeness (QED) is 0.599. The largest absolute Gasteiger partial charge is 0.292 e. The van der Waals surface area contributed by atoms with Crippen LogP contribution in [0.1, 0.15) is 20.8 Å². The summed E-state index contributed by atoms with van der Waals surface area (Å²) in [6.07, 6.45) is 0. The molecular formula is C12H11BrOS. The van der Waals surface area contributed by atoms with E-state index in [1.165, 1.54) is 15.6 Å². The molecule has 1 aromatic carbocycles. The first-order valence-electron chi connectivity index (χ1n) is 4.72. The Bertz CT molecular complexity index is 528. The number of carbonyl (C=O) groups is 1. The fraction of sp³-hybridized carbons (Fsp3) is 0.250. The van der Waals surface area contributed by atoms with Crippen LogP contribution in [-0.2, 0) is 0 Å². The molecular weight excluding hydrogens is 272 g/mol. The van der Waals surface area contributed by atoms with Crippen molar-refractivity contribution in [2.24, 2.45) is 0 Å². The molecule has 1 nitrogen and oxygen atoms in total. The molecule has 0 radical (unpaired) electrons. The van der Waals surface area contributed by atoms with E-state index in [1.54, 1.807) is 11.3 Å². The molecule has 1 aromatic heterocycles. The van der Waals surface area contributed by atoms with E-state index in [0.717, 1.165) is 10.4 Å². The maximum Gasteiger partial charge on any atom is 0.183 e. The number of thiophene rings is 1. The Morgan fingerprint density at radius 2 is 2.13 bits per heavy atom. The summed E-state index contributed by atoms with van der Waals surface area (Å²) >= 11 is 4.80. The van der Waals surface area contributed by atoms with Crippen LogP contribution in [0.15, 0.2) is 18.2 Å². The van der Waals surface area contributed by atoms with Gasteiger partial charge in [-0.3, -0.25) is 4.79 Å². The summed E-state index contributed by atoms with van der Waals surface area (Å²) in [5.41, 5.74) is 2.35. The van der Waals surface area contributed by atoms with Gasteiger partial charge in [-0.2, -0.15) is 0 Å². The van der Waals surface area contributed by atoms with E-state index in [2.05, 4.69) is 41.1 Å². The summed E-state index contributed by atoms with van der Waals surface area (Å²) in [7, 11) is 0. The molecule has 0 spiro atoms. The van der Waals surface area contributed by atoms with Gasteiger partial charge in [0, 0.05) is 4.70 Å². The van der Waals surface area contributed by atoms with Crippen molar-refractivity contribution in [3.63, 3.8) is 0 Å². The molecule has 0 atom stereocenters. The van der Waals surface area contributed by atoms with Gasteiger partial charge in [0.1, 0.15) is 0 Å². The lowest BCUT2D eigenvalue weighted by Crippen LogP contribution is -1.97. The highest BCUT2D eigenvalue weighted by Crippen LogP contribution is 2.31. The van der Waals surface area contributed by atoms with Crippen LogP contribution in [0, 0.1) is 13.8 Å². The molecule has 0 N–H and O–H groups in total. The summed E-state index contributed by atoms with van der Waals surface area (Å²) in [5, 5.41) is 1.61. The van der Waals surface area contributed by atoms with E-state index in [0.29, 0.717) is 5.33 Å². The van der Waals surface area contributed by atoms with Crippen LogP contribution in [0.2, 0.25) is 0 Å². The van der Waals surface area contributed by atoms with Crippen molar-refractivity contribution < 1.29 is 4.79 Å². The second-order valence-electron chi connectivity index (χ2n) is 3.61. The monoisotopic (exact) mass is 282 g/mol. The topological polar surface area (TPSA) is 17.1 Å². The molecule has 2 rings (SSSR count). The normalized spacial score (nSPS) is 10.9. The third-order valence-corrected chi connectivity index (χ3v) is 4.29. The minimum atomic E-state index is 0.173. The van der Waals surface area contributed by atoms with Gasteiger partial charge >= 0.3 is 0 Å². The Hall–Kier alpha value is -0.670. The number of alkyl halides is 1. The van der Waals surface area contributed by atoms with E-state index in [4.69, 9.17) is 0 Å². The fourth-order valence-corrected chi connectivity index (χ4v) is 3.25. The van der Waals surface area contributed by atoms with Gasteiger partial charge in [0.15, 0.2) is 5.78 Å². The molecule has 2 aromatic rings. The van der Waals surface area contributed by atoms with Gasteiger partial charge in [-0.15, -0.1) is 11.3 Å². The van der Waals surface area contributed by atoms with E-state index >= 15 is 0 Å². The summed E-state index contributed by atoms with van der Waals surface area (Å²) in [6, 6.07) is 6.32. The maximum absolute atomic E-state index is 11.7. The molecule has 0 saturated carbocycles. The zero-order valence-electron chi connectivity index (χ0n) is 8.63. The van der Waals surface area contributed by atoms with Crippen molar-refractivity contribution in [3.8, 4) is 0 Å². The SMILES string of the molecule is Cc1ccc2sc(C(=O)CBr)c(C)c2c1. The number of benzene rings is 1. The number of fused-ring (bicyclic) bond motifs is 1. The second kappa shape index (κ2) is 4.06. The van der Waals surface area contributed by atoms with E-state index in [1.807, 2.05) is 6.92 Å². The van der Waals surface area contributed by atoms with E-state index < -0.39 is 0 Å². The Morgan fingerprint density at radius 3 is 2.80 bits per heavy atom. The third-order valence-electron chi connectivity index (χ3n) is 2.47. The van der Waals surface area contributed by atoms with E-state index in [-0.39, 0.29) is 5.78 Å². The summed E-state index contributed by atoms with van der Waals surface area (Å²) in [6.45, 7) is 4.09. The predicted octanol–water partition coefficient (Wildman–Crippen LogP) is 4.10. The smallest absolute Gasteiger partial charge is 0.183 e. The first-order valence-corrected chi connectivity index (χ1v) is 6.66. The molecule has 0 fully saturated rings. The van der Waals surface area contributed by atoms with Crippen LogP contribution in [0.4, 0.5) is 0 Å². The maximum atomic E-state index is 11.7.